The van der Waals surface area contributed by atoms with Gasteiger partial charge >= 0.3 is 11.8 Å². The minimum atomic E-state index is -0.839. The molecule has 0 unspecified atom stereocenters. The second kappa shape index (κ2) is 9.07. The lowest BCUT2D eigenvalue weighted by Crippen LogP contribution is -2.34. The van der Waals surface area contributed by atoms with Crippen molar-refractivity contribution in [2.24, 2.45) is 0 Å². The molecule has 1 saturated heterocycles. The second-order valence-corrected chi connectivity index (χ2v) is 7.55. The zero-order valence-electron chi connectivity index (χ0n) is 14.9. The first kappa shape index (κ1) is 20.8. The standard InChI is InChI=1S/C15H19ClN4O7S/c1-2-5-28-14-18-12(16)9(20(23)24)13(19-14)17-7-6-8(25-4-3-21)11-10(7)26-15(22)27-11/h7-8,10-11,21H,2-6H2,1H3,(H,17,18,19)/t7-,8+,10+,11-/m1/s1. The Balaban J connectivity index is 1.85. The monoisotopic (exact) mass is 434 g/mol. The molecule has 4 atom stereocenters. The molecule has 1 aromatic heterocycles. The van der Waals surface area contributed by atoms with E-state index in [4.69, 9.17) is 30.9 Å². The van der Waals surface area contributed by atoms with Crippen LogP contribution in [0.1, 0.15) is 19.8 Å². The van der Waals surface area contributed by atoms with Gasteiger partial charge < -0.3 is 24.6 Å². The van der Waals surface area contributed by atoms with Crippen LogP contribution in [-0.4, -0.2) is 69.5 Å². The maximum Gasteiger partial charge on any atom is 0.509 e. The number of nitro groups is 1. The molecule has 1 aliphatic heterocycles. The summed E-state index contributed by atoms with van der Waals surface area (Å²) in [6.07, 6.45) is -1.55. The van der Waals surface area contributed by atoms with Crippen LogP contribution in [-0.2, 0) is 14.2 Å². The van der Waals surface area contributed by atoms with Crippen LogP contribution in [0.4, 0.5) is 16.3 Å². The number of fused-ring (bicyclic) bond motifs is 1. The van der Waals surface area contributed by atoms with Crippen molar-refractivity contribution in [3.63, 3.8) is 0 Å². The Morgan fingerprint density at radius 1 is 1.43 bits per heavy atom. The smallest absolute Gasteiger partial charge is 0.425 e. The SMILES string of the molecule is CCCSc1nc(Cl)c([N+](=O)[O-])c(N[C@@H]2C[C@H](OCCO)[C@H]3OC(=O)O[C@H]32)n1. The van der Waals surface area contributed by atoms with E-state index in [1.54, 1.807) is 0 Å². The first-order valence-electron chi connectivity index (χ1n) is 8.65. The number of hydrogen-bond donors (Lipinski definition) is 2. The van der Waals surface area contributed by atoms with Crippen LogP contribution in [0, 0.1) is 10.1 Å². The van der Waals surface area contributed by atoms with Gasteiger partial charge in [-0.15, -0.1) is 0 Å². The van der Waals surface area contributed by atoms with Gasteiger partial charge in [0.1, 0.15) is 6.10 Å². The maximum atomic E-state index is 11.5. The summed E-state index contributed by atoms with van der Waals surface area (Å²) in [5.74, 6) is 0.669. The number of aliphatic hydroxyl groups is 1. The predicted molar refractivity (Wildman–Crippen MR) is 98.7 cm³/mol. The minimum absolute atomic E-state index is 0.0573. The van der Waals surface area contributed by atoms with Crippen LogP contribution in [0.25, 0.3) is 0 Å². The highest BCUT2D eigenvalue weighted by Crippen LogP contribution is 2.38. The van der Waals surface area contributed by atoms with E-state index < -0.39 is 41.1 Å². The summed E-state index contributed by atoms with van der Waals surface area (Å²) in [5, 5.41) is 23.4. The van der Waals surface area contributed by atoms with Gasteiger partial charge in [0.2, 0.25) is 11.0 Å². The molecule has 2 N–H and O–H groups in total. The van der Waals surface area contributed by atoms with Crippen molar-refractivity contribution in [1.29, 1.82) is 0 Å². The number of carbonyl (C=O) groups is 1. The van der Waals surface area contributed by atoms with Gasteiger partial charge in [-0.25, -0.2) is 9.78 Å². The van der Waals surface area contributed by atoms with E-state index in [0.717, 1.165) is 12.2 Å². The van der Waals surface area contributed by atoms with Crippen molar-refractivity contribution in [3.8, 4) is 0 Å². The number of nitrogens with zero attached hydrogens (tertiary/aromatic N) is 3. The Morgan fingerprint density at radius 3 is 2.86 bits per heavy atom. The number of aromatic nitrogens is 2. The van der Waals surface area contributed by atoms with Crippen LogP contribution in [0.5, 0.6) is 0 Å². The number of anilines is 1. The number of hydrogen-bond acceptors (Lipinski definition) is 11. The zero-order chi connectivity index (χ0) is 20.3. The number of nitrogens with one attached hydrogen (secondary N) is 1. The molecule has 0 aromatic carbocycles. The van der Waals surface area contributed by atoms with Gasteiger partial charge in [-0.1, -0.05) is 30.3 Å². The largest absolute Gasteiger partial charge is 0.509 e. The molecule has 1 saturated carbocycles. The van der Waals surface area contributed by atoms with Crippen molar-refractivity contribution in [2.45, 2.75) is 49.3 Å². The molecule has 11 nitrogen and oxygen atoms in total. The molecule has 13 heteroatoms. The fraction of sp³-hybridized carbons (Fsp3) is 0.667. The molecule has 2 fully saturated rings. The summed E-state index contributed by atoms with van der Waals surface area (Å²) in [6.45, 7) is 1.86. The van der Waals surface area contributed by atoms with E-state index in [1.165, 1.54) is 11.8 Å². The van der Waals surface area contributed by atoms with Gasteiger partial charge in [-0.3, -0.25) is 10.1 Å². The first-order valence-corrected chi connectivity index (χ1v) is 10.0. The minimum Gasteiger partial charge on any atom is -0.425 e. The highest BCUT2D eigenvalue weighted by Gasteiger charge is 2.54. The summed E-state index contributed by atoms with van der Waals surface area (Å²) in [6, 6.07) is -0.547. The van der Waals surface area contributed by atoms with Gasteiger partial charge in [0.05, 0.1) is 24.2 Å². The quantitative estimate of drug-likeness (QED) is 0.147. The van der Waals surface area contributed by atoms with Gasteiger partial charge in [0.25, 0.3) is 0 Å². The third kappa shape index (κ3) is 4.40. The lowest BCUT2D eigenvalue weighted by atomic mass is 10.2. The Bertz CT molecular complexity index is 755. The molecular weight excluding hydrogens is 416 g/mol. The number of rotatable bonds is 9. The van der Waals surface area contributed by atoms with Crippen molar-refractivity contribution in [1.82, 2.24) is 9.97 Å². The first-order chi connectivity index (χ1) is 13.4. The molecule has 0 radical (unpaired) electrons. The summed E-state index contributed by atoms with van der Waals surface area (Å²) in [7, 11) is 0. The molecule has 2 heterocycles. The van der Waals surface area contributed by atoms with Crippen LogP contribution in [0.15, 0.2) is 5.16 Å². The maximum absolute atomic E-state index is 11.5. The van der Waals surface area contributed by atoms with Crippen molar-refractivity contribution >= 4 is 41.0 Å². The molecule has 0 amide bonds. The molecule has 154 valence electrons. The van der Waals surface area contributed by atoms with Gasteiger partial charge in [-0.2, -0.15) is 4.98 Å². The molecule has 1 aromatic rings. The average Bonchev–Trinajstić information content (AvgIpc) is 3.16. The van der Waals surface area contributed by atoms with E-state index >= 15 is 0 Å². The van der Waals surface area contributed by atoms with Gasteiger partial charge in [-0.05, 0) is 6.42 Å². The second-order valence-electron chi connectivity index (χ2n) is 6.13. The molecule has 3 rings (SSSR count). The van der Waals surface area contributed by atoms with E-state index in [9.17, 15) is 14.9 Å². The fourth-order valence-corrected chi connectivity index (χ4v) is 4.10. The number of aliphatic hydroxyl groups excluding tert-OH is 1. The molecule has 0 spiro atoms. The zero-order valence-corrected chi connectivity index (χ0v) is 16.4. The predicted octanol–water partition coefficient (Wildman–Crippen LogP) is 2.01. The van der Waals surface area contributed by atoms with E-state index in [2.05, 4.69) is 15.3 Å². The molecule has 2 aliphatic rings. The van der Waals surface area contributed by atoms with Crippen LogP contribution in [0.2, 0.25) is 5.15 Å². The molecular formula is C15H19ClN4O7S. The Hall–Kier alpha value is -1.89. The number of thioether (sulfide) groups is 1. The number of ether oxygens (including phenoxy) is 3. The third-order valence-electron chi connectivity index (χ3n) is 4.22. The molecule has 1 aliphatic carbocycles. The highest BCUT2D eigenvalue weighted by molar-refractivity contribution is 7.99. The third-order valence-corrected chi connectivity index (χ3v) is 5.54. The van der Waals surface area contributed by atoms with Crippen LogP contribution >= 0.6 is 23.4 Å². The van der Waals surface area contributed by atoms with Crippen LogP contribution in [0.3, 0.4) is 0 Å². The Morgan fingerprint density at radius 2 is 2.18 bits per heavy atom. The summed E-state index contributed by atoms with van der Waals surface area (Å²) in [5.41, 5.74) is -0.455. The Labute approximate surface area is 169 Å². The number of carbonyl (C=O) groups excluding carboxylic acids is 1. The van der Waals surface area contributed by atoms with Gasteiger partial charge in [0, 0.05) is 12.2 Å². The van der Waals surface area contributed by atoms with E-state index in [-0.39, 0.29) is 24.2 Å². The molecule has 0 bridgehead atoms. The average molecular weight is 435 g/mol. The fourth-order valence-electron chi connectivity index (χ4n) is 3.11. The molecule has 28 heavy (non-hydrogen) atoms. The highest BCUT2D eigenvalue weighted by atomic mass is 35.5. The number of halogens is 1. The van der Waals surface area contributed by atoms with Crippen molar-refractivity contribution in [2.75, 3.05) is 24.3 Å². The van der Waals surface area contributed by atoms with E-state index in [0.29, 0.717) is 11.6 Å². The van der Waals surface area contributed by atoms with E-state index in [1.807, 2.05) is 6.92 Å². The Kier molecular flexibility index (Phi) is 6.75. The van der Waals surface area contributed by atoms with Gasteiger partial charge in [0.15, 0.2) is 17.4 Å². The topological polar surface area (TPSA) is 146 Å². The summed E-state index contributed by atoms with van der Waals surface area (Å²) < 4.78 is 15.8. The summed E-state index contributed by atoms with van der Waals surface area (Å²) in [4.78, 5) is 30.5. The normalized spacial score (nSPS) is 25.9. The summed E-state index contributed by atoms with van der Waals surface area (Å²) >= 11 is 7.34. The van der Waals surface area contributed by atoms with Crippen LogP contribution < -0.4 is 5.32 Å². The van der Waals surface area contributed by atoms with Crippen molar-refractivity contribution in [3.05, 3.63) is 15.3 Å². The van der Waals surface area contributed by atoms with Crippen molar-refractivity contribution < 1.29 is 29.0 Å². The lowest BCUT2D eigenvalue weighted by molar-refractivity contribution is -0.384. The lowest BCUT2D eigenvalue weighted by Gasteiger charge is -2.18.